The number of carboxylic acids is 1. The summed E-state index contributed by atoms with van der Waals surface area (Å²) in [6.45, 7) is 7.44. The summed E-state index contributed by atoms with van der Waals surface area (Å²) in [7, 11) is 0. The fourth-order valence-corrected chi connectivity index (χ4v) is 2.04. The molecule has 0 saturated carbocycles. The molecule has 0 radical (unpaired) electrons. The van der Waals surface area contributed by atoms with E-state index in [0.717, 1.165) is 13.1 Å². The predicted molar refractivity (Wildman–Crippen MR) is 64.5 cm³/mol. The van der Waals surface area contributed by atoms with E-state index in [2.05, 4.69) is 17.1 Å². The van der Waals surface area contributed by atoms with Gasteiger partial charge in [-0.25, -0.2) is 4.79 Å². The fourth-order valence-electron chi connectivity index (χ4n) is 2.04. The van der Waals surface area contributed by atoms with E-state index < -0.39 is 5.97 Å². The highest BCUT2D eigenvalue weighted by atomic mass is 16.4. The highest BCUT2D eigenvalue weighted by molar-refractivity contribution is 5.79. The molecule has 0 aliphatic carbocycles. The van der Waals surface area contributed by atoms with E-state index in [9.17, 15) is 4.79 Å². The molecule has 1 heterocycles. The summed E-state index contributed by atoms with van der Waals surface area (Å²) < 4.78 is 0. The first-order valence-corrected chi connectivity index (χ1v) is 6.01. The molecule has 1 rings (SSSR count). The lowest BCUT2D eigenvalue weighted by Crippen LogP contribution is -2.31. The minimum absolute atomic E-state index is 0.622. The van der Waals surface area contributed by atoms with Crippen LogP contribution in [0.2, 0.25) is 0 Å². The molecule has 0 aromatic heterocycles. The second kappa shape index (κ2) is 7.41. The maximum atomic E-state index is 10.2. The lowest BCUT2D eigenvalue weighted by atomic mass is 10.1. The zero-order valence-electron chi connectivity index (χ0n) is 9.98. The van der Waals surface area contributed by atoms with Crippen LogP contribution in [0.3, 0.4) is 0 Å². The molecule has 1 aliphatic heterocycles. The first kappa shape index (κ1) is 13.2. The van der Waals surface area contributed by atoms with E-state index >= 15 is 0 Å². The number of nitrogens with one attached hydrogen (secondary N) is 1. The van der Waals surface area contributed by atoms with E-state index in [4.69, 9.17) is 5.11 Å². The molecule has 4 heteroatoms. The average molecular weight is 226 g/mol. The monoisotopic (exact) mass is 226 g/mol. The Morgan fingerprint density at radius 3 is 2.81 bits per heavy atom. The first-order chi connectivity index (χ1) is 7.68. The smallest absolute Gasteiger partial charge is 0.328 e. The molecule has 92 valence electrons. The molecule has 1 saturated heterocycles. The number of likely N-dealkylation sites (tertiary alicyclic amines) is 1. The first-order valence-electron chi connectivity index (χ1n) is 6.01. The third-order valence-corrected chi connectivity index (χ3v) is 2.78. The number of carbonyl (C=O) groups is 1. The maximum Gasteiger partial charge on any atom is 0.328 e. The SMILES string of the molecule is CC(CNC/C=C/C(=O)O)CN1CCCC1. The molecular formula is C12H22N2O2. The number of aliphatic carboxylic acids is 1. The van der Waals surface area contributed by atoms with E-state index in [1.54, 1.807) is 6.08 Å². The van der Waals surface area contributed by atoms with Crippen molar-refractivity contribution < 1.29 is 9.90 Å². The lowest BCUT2D eigenvalue weighted by molar-refractivity contribution is -0.131. The van der Waals surface area contributed by atoms with Crippen LogP contribution < -0.4 is 5.32 Å². The summed E-state index contributed by atoms with van der Waals surface area (Å²) in [6, 6.07) is 0. The summed E-state index contributed by atoms with van der Waals surface area (Å²) in [4.78, 5) is 12.7. The molecule has 1 unspecified atom stereocenters. The van der Waals surface area contributed by atoms with Gasteiger partial charge in [-0.2, -0.15) is 0 Å². The third kappa shape index (κ3) is 5.88. The van der Waals surface area contributed by atoms with Gasteiger partial charge in [0.15, 0.2) is 0 Å². The summed E-state index contributed by atoms with van der Waals surface area (Å²) in [6.07, 6.45) is 5.49. The summed E-state index contributed by atoms with van der Waals surface area (Å²) >= 11 is 0. The van der Waals surface area contributed by atoms with Crippen LogP contribution in [0.1, 0.15) is 19.8 Å². The zero-order valence-corrected chi connectivity index (χ0v) is 9.98. The van der Waals surface area contributed by atoms with Crippen molar-refractivity contribution in [3.8, 4) is 0 Å². The maximum absolute atomic E-state index is 10.2. The highest BCUT2D eigenvalue weighted by Crippen LogP contribution is 2.09. The van der Waals surface area contributed by atoms with Crippen molar-refractivity contribution >= 4 is 5.97 Å². The molecule has 1 aliphatic rings. The number of hydrogen-bond acceptors (Lipinski definition) is 3. The van der Waals surface area contributed by atoms with Gasteiger partial charge in [0.05, 0.1) is 0 Å². The normalized spacial score (nSPS) is 19.3. The second-order valence-corrected chi connectivity index (χ2v) is 4.51. The molecule has 0 aromatic carbocycles. The quantitative estimate of drug-likeness (QED) is 0.501. The van der Waals surface area contributed by atoms with Gasteiger partial charge < -0.3 is 15.3 Å². The van der Waals surface area contributed by atoms with Crippen LogP contribution in [-0.4, -0.2) is 48.7 Å². The second-order valence-electron chi connectivity index (χ2n) is 4.51. The summed E-state index contributed by atoms with van der Waals surface area (Å²) in [5, 5.41) is 11.6. The van der Waals surface area contributed by atoms with E-state index in [1.165, 1.54) is 32.0 Å². The zero-order chi connectivity index (χ0) is 11.8. The molecule has 2 N–H and O–H groups in total. The topological polar surface area (TPSA) is 52.6 Å². The number of nitrogens with zero attached hydrogens (tertiary/aromatic N) is 1. The van der Waals surface area contributed by atoms with Gasteiger partial charge in [-0.05, 0) is 38.4 Å². The lowest BCUT2D eigenvalue weighted by Gasteiger charge is -2.20. The Morgan fingerprint density at radius 2 is 2.19 bits per heavy atom. The van der Waals surface area contributed by atoms with Crippen LogP contribution >= 0.6 is 0 Å². The minimum atomic E-state index is -0.882. The molecular weight excluding hydrogens is 204 g/mol. The third-order valence-electron chi connectivity index (χ3n) is 2.78. The largest absolute Gasteiger partial charge is 0.478 e. The van der Waals surface area contributed by atoms with Crippen LogP contribution in [0.25, 0.3) is 0 Å². The molecule has 0 spiro atoms. The minimum Gasteiger partial charge on any atom is -0.478 e. The van der Waals surface area contributed by atoms with Crippen molar-refractivity contribution in [3.63, 3.8) is 0 Å². The Kier molecular flexibility index (Phi) is 6.11. The van der Waals surface area contributed by atoms with Crippen molar-refractivity contribution in [1.29, 1.82) is 0 Å². The summed E-state index contributed by atoms with van der Waals surface area (Å²) in [5.41, 5.74) is 0. The molecule has 0 aromatic rings. The number of rotatable bonds is 7. The average Bonchev–Trinajstić information content (AvgIpc) is 2.69. The fraction of sp³-hybridized carbons (Fsp3) is 0.750. The molecule has 1 fully saturated rings. The Labute approximate surface area is 97.3 Å². The van der Waals surface area contributed by atoms with Gasteiger partial charge in [0.1, 0.15) is 0 Å². The molecule has 0 amide bonds. The number of hydrogen-bond donors (Lipinski definition) is 2. The van der Waals surface area contributed by atoms with E-state index in [-0.39, 0.29) is 0 Å². The Morgan fingerprint density at radius 1 is 1.50 bits per heavy atom. The van der Waals surface area contributed by atoms with Crippen molar-refractivity contribution in [2.24, 2.45) is 5.92 Å². The van der Waals surface area contributed by atoms with Gasteiger partial charge in [0.2, 0.25) is 0 Å². The van der Waals surface area contributed by atoms with Crippen LogP contribution in [0, 0.1) is 5.92 Å². The van der Waals surface area contributed by atoms with Crippen LogP contribution in [0.5, 0.6) is 0 Å². The van der Waals surface area contributed by atoms with Gasteiger partial charge in [-0.3, -0.25) is 0 Å². The van der Waals surface area contributed by atoms with Crippen molar-refractivity contribution in [2.75, 3.05) is 32.7 Å². The van der Waals surface area contributed by atoms with Gasteiger partial charge in [0.25, 0.3) is 0 Å². The van der Waals surface area contributed by atoms with Crippen LogP contribution in [0.4, 0.5) is 0 Å². The highest BCUT2D eigenvalue weighted by Gasteiger charge is 2.13. The van der Waals surface area contributed by atoms with Crippen molar-refractivity contribution in [2.45, 2.75) is 19.8 Å². The predicted octanol–water partition coefficient (Wildman–Crippen LogP) is 0.949. The molecule has 0 bridgehead atoms. The van der Waals surface area contributed by atoms with Crippen molar-refractivity contribution in [3.05, 3.63) is 12.2 Å². The number of carboxylic acid groups (broad SMARTS) is 1. The molecule has 4 nitrogen and oxygen atoms in total. The van der Waals surface area contributed by atoms with Crippen molar-refractivity contribution in [1.82, 2.24) is 10.2 Å². The summed E-state index contributed by atoms with van der Waals surface area (Å²) in [5.74, 6) is -0.261. The Bertz CT molecular complexity index is 235. The van der Waals surface area contributed by atoms with Crippen LogP contribution in [0.15, 0.2) is 12.2 Å². The van der Waals surface area contributed by atoms with Gasteiger partial charge in [-0.15, -0.1) is 0 Å². The van der Waals surface area contributed by atoms with Crippen LogP contribution in [-0.2, 0) is 4.79 Å². The van der Waals surface area contributed by atoms with Gasteiger partial charge >= 0.3 is 5.97 Å². The Hall–Kier alpha value is -0.870. The molecule has 1 atom stereocenters. The van der Waals surface area contributed by atoms with Gasteiger partial charge in [0, 0.05) is 19.2 Å². The standard InChI is InChI=1S/C12H22N2O2/c1-11(10-14-7-2-3-8-14)9-13-6-4-5-12(15)16/h4-5,11,13H,2-3,6-10H2,1H3,(H,15,16)/b5-4+. The van der Waals surface area contributed by atoms with E-state index in [0.29, 0.717) is 12.5 Å². The van der Waals surface area contributed by atoms with E-state index in [1.807, 2.05) is 0 Å². The van der Waals surface area contributed by atoms with Gasteiger partial charge in [-0.1, -0.05) is 13.0 Å². The molecule has 16 heavy (non-hydrogen) atoms. The Balaban J connectivity index is 2.01.